The molecule has 0 saturated heterocycles. The zero-order valence-corrected chi connectivity index (χ0v) is 16.5. The zero-order chi connectivity index (χ0) is 16.9. The van der Waals surface area contributed by atoms with Gasteiger partial charge in [-0.2, -0.15) is 0 Å². The van der Waals surface area contributed by atoms with Crippen LogP contribution in [0.1, 0.15) is 38.7 Å². The molecule has 134 valence electrons. The molecule has 1 heterocycles. The second-order valence-corrected chi connectivity index (χ2v) is 6.73. The van der Waals surface area contributed by atoms with Gasteiger partial charge in [0.2, 0.25) is 5.91 Å². The molecule has 0 bridgehead atoms. The summed E-state index contributed by atoms with van der Waals surface area (Å²) in [7, 11) is 0. The predicted octanol–water partition coefficient (Wildman–Crippen LogP) is 4.51. The summed E-state index contributed by atoms with van der Waals surface area (Å²) in [6.45, 7) is 6.54. The van der Waals surface area contributed by atoms with Crippen molar-refractivity contribution < 1.29 is 4.79 Å². The lowest BCUT2D eigenvalue weighted by Gasteiger charge is -2.31. The highest BCUT2D eigenvalue weighted by atomic mass is 35.5. The Hall–Kier alpha value is -0.740. The Morgan fingerprint density at radius 1 is 1.25 bits per heavy atom. The number of hydrogen-bond acceptors (Lipinski definition) is 2. The van der Waals surface area contributed by atoms with Crippen molar-refractivity contribution in [2.75, 3.05) is 19.6 Å². The lowest BCUT2D eigenvalue weighted by Crippen LogP contribution is -2.44. The SMILES string of the molecule is CCC(CC)(C(=O)NCC1=CCNCC1)c1ccc(Cl)c(Cl)c1.Cl. The first kappa shape index (κ1) is 21.3. The number of amides is 1. The molecular weight excluding hydrogens is 367 g/mol. The minimum atomic E-state index is -0.568. The van der Waals surface area contributed by atoms with E-state index in [1.807, 2.05) is 26.0 Å². The summed E-state index contributed by atoms with van der Waals surface area (Å²) in [6.07, 6.45) is 4.57. The van der Waals surface area contributed by atoms with Crippen LogP contribution < -0.4 is 10.6 Å². The molecule has 3 nitrogen and oxygen atoms in total. The molecule has 0 saturated carbocycles. The number of halogens is 3. The van der Waals surface area contributed by atoms with Gasteiger partial charge in [-0.25, -0.2) is 0 Å². The van der Waals surface area contributed by atoms with Gasteiger partial charge >= 0.3 is 0 Å². The molecule has 0 unspecified atom stereocenters. The van der Waals surface area contributed by atoms with Crippen molar-refractivity contribution in [3.8, 4) is 0 Å². The quantitative estimate of drug-likeness (QED) is 0.701. The topological polar surface area (TPSA) is 41.1 Å². The third-order valence-corrected chi connectivity index (χ3v) is 5.49. The summed E-state index contributed by atoms with van der Waals surface area (Å²) < 4.78 is 0. The van der Waals surface area contributed by atoms with Crippen molar-refractivity contribution in [1.29, 1.82) is 0 Å². The molecule has 1 aromatic rings. The molecule has 0 atom stereocenters. The van der Waals surface area contributed by atoms with Crippen LogP contribution in [0.15, 0.2) is 29.8 Å². The van der Waals surface area contributed by atoms with Gasteiger partial charge in [0, 0.05) is 13.1 Å². The number of carbonyl (C=O) groups is 1. The van der Waals surface area contributed by atoms with Crippen molar-refractivity contribution in [3.63, 3.8) is 0 Å². The normalized spacial score (nSPS) is 14.6. The molecule has 2 rings (SSSR count). The number of rotatable bonds is 6. The van der Waals surface area contributed by atoms with Crippen LogP contribution in [-0.2, 0) is 10.2 Å². The first-order valence-electron chi connectivity index (χ1n) is 8.16. The second kappa shape index (κ2) is 9.67. The summed E-state index contributed by atoms with van der Waals surface area (Å²) in [5.74, 6) is 0.0559. The molecule has 2 N–H and O–H groups in total. The molecule has 0 fully saturated rings. The smallest absolute Gasteiger partial charge is 0.230 e. The van der Waals surface area contributed by atoms with E-state index in [2.05, 4.69) is 16.7 Å². The zero-order valence-electron chi connectivity index (χ0n) is 14.1. The van der Waals surface area contributed by atoms with E-state index in [1.165, 1.54) is 5.57 Å². The molecule has 1 amide bonds. The standard InChI is InChI=1S/C18H24Cl2N2O.ClH/c1-3-18(4-2,14-5-6-15(19)16(20)11-14)17(23)22-12-13-7-9-21-10-8-13;/h5-7,11,21H,3-4,8-10,12H2,1-2H3,(H,22,23);1H. The van der Waals surface area contributed by atoms with Crippen LogP contribution in [0, 0.1) is 0 Å². The van der Waals surface area contributed by atoms with Crippen LogP contribution in [0.4, 0.5) is 0 Å². The molecular formula is C18H25Cl3N2O. The minimum absolute atomic E-state index is 0. The monoisotopic (exact) mass is 390 g/mol. The average molecular weight is 392 g/mol. The summed E-state index contributed by atoms with van der Waals surface area (Å²) in [5, 5.41) is 7.39. The van der Waals surface area contributed by atoms with Crippen molar-refractivity contribution in [2.24, 2.45) is 0 Å². The van der Waals surface area contributed by atoms with Gasteiger partial charge in [0.05, 0.1) is 15.5 Å². The van der Waals surface area contributed by atoms with Crippen molar-refractivity contribution in [3.05, 3.63) is 45.5 Å². The molecule has 0 spiro atoms. The Morgan fingerprint density at radius 2 is 1.96 bits per heavy atom. The van der Waals surface area contributed by atoms with Crippen LogP contribution in [0.5, 0.6) is 0 Å². The van der Waals surface area contributed by atoms with Crippen LogP contribution in [0.2, 0.25) is 10.0 Å². The Kier molecular flexibility index (Phi) is 8.58. The fourth-order valence-electron chi connectivity index (χ4n) is 3.10. The molecule has 1 aliphatic heterocycles. The van der Waals surface area contributed by atoms with E-state index in [1.54, 1.807) is 6.07 Å². The average Bonchev–Trinajstić information content (AvgIpc) is 2.58. The van der Waals surface area contributed by atoms with Gasteiger partial charge in [0.1, 0.15) is 0 Å². The van der Waals surface area contributed by atoms with Gasteiger partial charge < -0.3 is 10.6 Å². The largest absolute Gasteiger partial charge is 0.352 e. The molecule has 24 heavy (non-hydrogen) atoms. The van der Waals surface area contributed by atoms with E-state index in [-0.39, 0.29) is 18.3 Å². The summed E-state index contributed by atoms with van der Waals surface area (Å²) in [6, 6.07) is 5.49. The Balaban J connectivity index is 0.00000288. The van der Waals surface area contributed by atoms with E-state index in [0.29, 0.717) is 29.4 Å². The summed E-state index contributed by atoms with van der Waals surface area (Å²) in [4.78, 5) is 12.9. The third-order valence-electron chi connectivity index (χ3n) is 4.75. The fraction of sp³-hybridized carbons (Fsp3) is 0.500. The third kappa shape index (κ3) is 4.66. The molecule has 0 radical (unpaired) electrons. The lowest BCUT2D eigenvalue weighted by molar-refractivity contribution is -0.127. The molecule has 6 heteroatoms. The maximum Gasteiger partial charge on any atom is 0.230 e. The van der Waals surface area contributed by atoms with Gasteiger partial charge in [-0.3, -0.25) is 4.79 Å². The maximum atomic E-state index is 12.9. The van der Waals surface area contributed by atoms with Crippen molar-refractivity contribution in [1.82, 2.24) is 10.6 Å². The highest BCUT2D eigenvalue weighted by molar-refractivity contribution is 6.42. The van der Waals surface area contributed by atoms with E-state index in [9.17, 15) is 4.79 Å². The van der Waals surface area contributed by atoms with Crippen molar-refractivity contribution >= 4 is 41.5 Å². The molecule has 1 aliphatic rings. The molecule has 1 aromatic carbocycles. The van der Waals surface area contributed by atoms with Gasteiger partial charge in [-0.05, 0) is 43.5 Å². The summed E-state index contributed by atoms with van der Waals surface area (Å²) in [5.41, 5.74) is 1.64. The van der Waals surface area contributed by atoms with Gasteiger partial charge in [0.15, 0.2) is 0 Å². The highest BCUT2D eigenvalue weighted by Gasteiger charge is 2.37. The number of hydrogen-bond donors (Lipinski definition) is 2. The maximum absolute atomic E-state index is 12.9. The fourth-order valence-corrected chi connectivity index (χ4v) is 3.40. The Morgan fingerprint density at radius 3 is 2.50 bits per heavy atom. The predicted molar refractivity (Wildman–Crippen MR) is 105 cm³/mol. The minimum Gasteiger partial charge on any atom is -0.352 e. The Labute approximate surface area is 160 Å². The first-order valence-corrected chi connectivity index (χ1v) is 8.91. The van der Waals surface area contributed by atoms with E-state index in [0.717, 1.165) is 25.1 Å². The molecule has 0 aromatic heterocycles. The Bertz CT molecular complexity index is 598. The number of nitrogens with one attached hydrogen (secondary N) is 2. The highest BCUT2D eigenvalue weighted by Crippen LogP contribution is 2.35. The van der Waals surface area contributed by atoms with Gasteiger partial charge in [-0.15, -0.1) is 12.4 Å². The first-order chi connectivity index (χ1) is 11.0. The van der Waals surface area contributed by atoms with E-state index in [4.69, 9.17) is 23.2 Å². The van der Waals surface area contributed by atoms with E-state index >= 15 is 0 Å². The van der Waals surface area contributed by atoms with E-state index < -0.39 is 5.41 Å². The second-order valence-electron chi connectivity index (χ2n) is 5.92. The van der Waals surface area contributed by atoms with Crippen LogP contribution >= 0.6 is 35.6 Å². The van der Waals surface area contributed by atoms with Crippen LogP contribution in [0.25, 0.3) is 0 Å². The molecule has 0 aliphatic carbocycles. The number of benzene rings is 1. The van der Waals surface area contributed by atoms with Crippen molar-refractivity contribution in [2.45, 2.75) is 38.5 Å². The summed E-state index contributed by atoms with van der Waals surface area (Å²) >= 11 is 12.2. The van der Waals surface area contributed by atoms with Gasteiger partial charge in [-0.1, -0.05) is 54.8 Å². The van der Waals surface area contributed by atoms with Gasteiger partial charge in [0.25, 0.3) is 0 Å². The van der Waals surface area contributed by atoms with Crippen LogP contribution in [0.3, 0.4) is 0 Å². The lowest BCUT2D eigenvalue weighted by atomic mass is 9.75. The van der Waals surface area contributed by atoms with Crippen LogP contribution in [-0.4, -0.2) is 25.5 Å². The number of carbonyl (C=O) groups excluding carboxylic acids is 1.